The minimum absolute atomic E-state index is 0.302. The van der Waals surface area contributed by atoms with Crippen molar-refractivity contribution in [2.75, 3.05) is 24.6 Å². The molecule has 1 aliphatic rings. The number of pyridine rings is 1. The van der Waals surface area contributed by atoms with Gasteiger partial charge in [-0.25, -0.2) is 4.98 Å². The number of rotatable bonds is 4. The standard InChI is InChI=1S/C14H20N2O2/c1-3-18-13-5-4-6-16(9-13)14-11(2)7-12(10-17)8-15-14/h7-8,10,13H,3-6,9H2,1-2H3. The number of aldehydes is 1. The van der Waals surface area contributed by atoms with E-state index in [1.54, 1.807) is 6.20 Å². The molecule has 1 fully saturated rings. The fourth-order valence-electron chi connectivity index (χ4n) is 2.49. The fourth-order valence-corrected chi connectivity index (χ4v) is 2.49. The SMILES string of the molecule is CCOC1CCCN(c2ncc(C=O)cc2C)C1. The molecule has 0 aliphatic carbocycles. The Kier molecular flexibility index (Phi) is 4.31. The van der Waals surface area contributed by atoms with Gasteiger partial charge in [-0.1, -0.05) is 0 Å². The molecule has 1 atom stereocenters. The average molecular weight is 248 g/mol. The molecule has 0 radical (unpaired) electrons. The van der Waals surface area contributed by atoms with E-state index in [9.17, 15) is 4.79 Å². The highest BCUT2D eigenvalue weighted by Gasteiger charge is 2.22. The number of nitrogens with zero attached hydrogens (tertiary/aromatic N) is 2. The number of hydrogen-bond donors (Lipinski definition) is 0. The summed E-state index contributed by atoms with van der Waals surface area (Å²) in [6.45, 7) is 6.69. The van der Waals surface area contributed by atoms with Crippen LogP contribution in [0.2, 0.25) is 0 Å². The van der Waals surface area contributed by atoms with Gasteiger partial charge >= 0.3 is 0 Å². The van der Waals surface area contributed by atoms with Crippen molar-refractivity contribution >= 4 is 12.1 Å². The number of hydrogen-bond acceptors (Lipinski definition) is 4. The van der Waals surface area contributed by atoms with Gasteiger partial charge in [0.05, 0.1) is 6.10 Å². The molecule has 0 bridgehead atoms. The third-order valence-corrected chi connectivity index (χ3v) is 3.29. The molecule has 2 heterocycles. The van der Waals surface area contributed by atoms with Gasteiger partial charge in [-0.05, 0) is 38.3 Å². The van der Waals surface area contributed by atoms with Gasteiger partial charge in [-0.15, -0.1) is 0 Å². The summed E-state index contributed by atoms with van der Waals surface area (Å²) < 4.78 is 5.69. The van der Waals surface area contributed by atoms with E-state index < -0.39 is 0 Å². The van der Waals surface area contributed by atoms with Gasteiger partial charge in [0.2, 0.25) is 0 Å². The smallest absolute Gasteiger partial charge is 0.151 e. The second-order valence-corrected chi connectivity index (χ2v) is 4.69. The molecule has 0 aromatic carbocycles. The van der Waals surface area contributed by atoms with Crippen LogP contribution in [-0.2, 0) is 4.74 Å². The van der Waals surface area contributed by atoms with Crippen molar-refractivity contribution in [2.24, 2.45) is 0 Å². The molecule has 1 aromatic rings. The predicted octanol–water partition coefficient (Wildman–Crippen LogP) is 2.21. The lowest BCUT2D eigenvalue weighted by molar-refractivity contribution is 0.0525. The largest absolute Gasteiger partial charge is 0.377 e. The van der Waals surface area contributed by atoms with Crippen LogP contribution in [0.25, 0.3) is 0 Å². The van der Waals surface area contributed by atoms with Crippen LogP contribution >= 0.6 is 0 Å². The van der Waals surface area contributed by atoms with Crippen molar-refractivity contribution in [1.29, 1.82) is 0 Å². The van der Waals surface area contributed by atoms with Crippen molar-refractivity contribution in [3.05, 3.63) is 23.4 Å². The Labute approximate surface area is 108 Å². The first-order chi connectivity index (χ1) is 8.74. The minimum atomic E-state index is 0.302. The Balaban J connectivity index is 2.13. The average Bonchev–Trinajstić information content (AvgIpc) is 2.39. The van der Waals surface area contributed by atoms with Crippen molar-refractivity contribution in [2.45, 2.75) is 32.8 Å². The molecule has 1 saturated heterocycles. The summed E-state index contributed by atoms with van der Waals surface area (Å²) in [6, 6.07) is 1.89. The Morgan fingerprint density at radius 2 is 2.44 bits per heavy atom. The third-order valence-electron chi connectivity index (χ3n) is 3.29. The summed E-state index contributed by atoms with van der Waals surface area (Å²) in [5.41, 5.74) is 1.69. The van der Waals surface area contributed by atoms with E-state index in [0.717, 1.165) is 50.2 Å². The maximum atomic E-state index is 10.7. The third kappa shape index (κ3) is 2.88. The molecule has 18 heavy (non-hydrogen) atoms. The van der Waals surface area contributed by atoms with Crippen LogP contribution in [0.5, 0.6) is 0 Å². The monoisotopic (exact) mass is 248 g/mol. The molecule has 98 valence electrons. The lowest BCUT2D eigenvalue weighted by Crippen LogP contribution is -2.40. The molecule has 0 N–H and O–H groups in total. The zero-order valence-electron chi connectivity index (χ0n) is 11.1. The van der Waals surface area contributed by atoms with Crippen molar-refractivity contribution in [3.8, 4) is 0 Å². The first kappa shape index (κ1) is 13.0. The van der Waals surface area contributed by atoms with E-state index in [0.29, 0.717) is 11.7 Å². The number of carbonyl (C=O) groups excluding carboxylic acids is 1. The van der Waals surface area contributed by atoms with E-state index in [-0.39, 0.29) is 0 Å². The van der Waals surface area contributed by atoms with E-state index >= 15 is 0 Å². The van der Waals surface area contributed by atoms with Crippen LogP contribution in [0, 0.1) is 6.92 Å². The summed E-state index contributed by atoms with van der Waals surface area (Å²) in [7, 11) is 0. The van der Waals surface area contributed by atoms with Crippen LogP contribution in [0.3, 0.4) is 0 Å². The Bertz CT molecular complexity index is 418. The molecular weight excluding hydrogens is 228 g/mol. The van der Waals surface area contributed by atoms with Gasteiger partial charge in [0, 0.05) is 31.5 Å². The minimum Gasteiger partial charge on any atom is -0.377 e. The summed E-state index contributed by atoms with van der Waals surface area (Å²) in [5.74, 6) is 0.977. The van der Waals surface area contributed by atoms with E-state index in [2.05, 4.69) is 9.88 Å². The molecule has 2 rings (SSSR count). The number of carbonyl (C=O) groups is 1. The van der Waals surface area contributed by atoms with Gasteiger partial charge in [0.1, 0.15) is 5.82 Å². The number of ether oxygens (including phenoxy) is 1. The molecule has 0 spiro atoms. The maximum absolute atomic E-state index is 10.7. The van der Waals surface area contributed by atoms with Crippen LogP contribution in [-0.4, -0.2) is 37.1 Å². The van der Waals surface area contributed by atoms with Crippen molar-refractivity contribution < 1.29 is 9.53 Å². The first-order valence-electron chi connectivity index (χ1n) is 6.53. The van der Waals surface area contributed by atoms with Crippen LogP contribution < -0.4 is 4.90 Å². The zero-order chi connectivity index (χ0) is 13.0. The number of aromatic nitrogens is 1. The topological polar surface area (TPSA) is 42.4 Å². The van der Waals surface area contributed by atoms with Crippen molar-refractivity contribution in [3.63, 3.8) is 0 Å². The van der Waals surface area contributed by atoms with Crippen LogP contribution in [0.1, 0.15) is 35.7 Å². The normalized spacial score (nSPS) is 19.9. The van der Waals surface area contributed by atoms with E-state index in [1.165, 1.54) is 0 Å². The summed E-state index contributed by atoms with van der Waals surface area (Å²) in [5, 5.41) is 0. The molecule has 4 nitrogen and oxygen atoms in total. The number of aryl methyl sites for hydroxylation is 1. The predicted molar refractivity (Wildman–Crippen MR) is 71.2 cm³/mol. The van der Waals surface area contributed by atoms with Gasteiger partial charge in [-0.2, -0.15) is 0 Å². The highest BCUT2D eigenvalue weighted by molar-refractivity contribution is 5.75. The molecule has 1 aromatic heterocycles. The second kappa shape index (κ2) is 5.96. The fraction of sp³-hybridized carbons (Fsp3) is 0.571. The van der Waals surface area contributed by atoms with E-state index in [1.807, 2.05) is 19.9 Å². The van der Waals surface area contributed by atoms with Crippen LogP contribution in [0.15, 0.2) is 12.3 Å². The molecule has 0 amide bonds. The summed E-state index contributed by atoms with van der Waals surface area (Å²) in [6.07, 6.45) is 5.02. The molecule has 1 unspecified atom stereocenters. The zero-order valence-corrected chi connectivity index (χ0v) is 11.1. The molecular formula is C14H20N2O2. The van der Waals surface area contributed by atoms with Crippen LogP contribution in [0.4, 0.5) is 5.82 Å². The highest BCUT2D eigenvalue weighted by Crippen LogP contribution is 2.22. The Morgan fingerprint density at radius 3 is 3.11 bits per heavy atom. The van der Waals surface area contributed by atoms with Gasteiger partial charge in [0.25, 0.3) is 0 Å². The lowest BCUT2D eigenvalue weighted by Gasteiger charge is -2.34. The molecule has 1 aliphatic heterocycles. The van der Waals surface area contributed by atoms with Gasteiger partial charge in [0.15, 0.2) is 6.29 Å². The highest BCUT2D eigenvalue weighted by atomic mass is 16.5. The molecule has 0 saturated carbocycles. The maximum Gasteiger partial charge on any atom is 0.151 e. The first-order valence-corrected chi connectivity index (χ1v) is 6.53. The quantitative estimate of drug-likeness (QED) is 0.766. The van der Waals surface area contributed by atoms with Gasteiger partial charge in [-0.3, -0.25) is 4.79 Å². The number of piperidine rings is 1. The second-order valence-electron chi connectivity index (χ2n) is 4.69. The summed E-state index contributed by atoms with van der Waals surface area (Å²) >= 11 is 0. The number of anilines is 1. The van der Waals surface area contributed by atoms with E-state index in [4.69, 9.17) is 4.74 Å². The lowest BCUT2D eigenvalue weighted by atomic mass is 10.1. The van der Waals surface area contributed by atoms with Gasteiger partial charge < -0.3 is 9.64 Å². The Hall–Kier alpha value is -1.42. The molecule has 4 heteroatoms. The van der Waals surface area contributed by atoms with Crippen molar-refractivity contribution in [1.82, 2.24) is 4.98 Å². The summed E-state index contributed by atoms with van der Waals surface area (Å²) in [4.78, 5) is 17.4. The Morgan fingerprint density at radius 1 is 1.61 bits per heavy atom.